The third kappa shape index (κ3) is 2.73. The fraction of sp³-hybridized carbons (Fsp3) is 0.154. The number of methoxy groups -OCH3 is 1. The molecule has 0 saturated carbocycles. The lowest BCUT2D eigenvalue weighted by Crippen LogP contribution is -2.16. The van der Waals surface area contributed by atoms with Gasteiger partial charge in [-0.15, -0.1) is 0 Å². The summed E-state index contributed by atoms with van der Waals surface area (Å²) in [5.74, 6) is 0.848. The van der Waals surface area contributed by atoms with Gasteiger partial charge in [-0.2, -0.15) is 0 Å². The van der Waals surface area contributed by atoms with E-state index in [-0.39, 0.29) is 0 Å². The quantitative estimate of drug-likeness (QED) is 0.879. The van der Waals surface area contributed by atoms with Crippen LogP contribution in [0.5, 0.6) is 5.75 Å². The molecule has 0 fully saturated rings. The molecule has 0 atom stereocenters. The molecule has 0 aliphatic rings. The second-order valence-electron chi connectivity index (χ2n) is 3.84. The van der Waals surface area contributed by atoms with Gasteiger partial charge in [-0.25, -0.2) is 0 Å². The van der Waals surface area contributed by atoms with Crippen LogP contribution in [0.2, 0.25) is 0 Å². The lowest BCUT2D eigenvalue weighted by atomic mass is 10.2. The van der Waals surface area contributed by atoms with E-state index in [0.717, 1.165) is 21.5 Å². The highest BCUT2D eigenvalue weighted by Crippen LogP contribution is 2.24. The Labute approximate surface area is 120 Å². The normalized spacial score (nSPS) is 10.3. The minimum absolute atomic E-state index is 0.397. The molecule has 2 N–H and O–H groups in total. The number of hydrogen-bond acceptors (Lipinski definition) is 2. The average Bonchev–Trinajstić information content (AvgIpc) is 2.77. The molecule has 1 aromatic carbocycles. The van der Waals surface area contributed by atoms with Crippen molar-refractivity contribution in [3.8, 4) is 5.75 Å². The van der Waals surface area contributed by atoms with Crippen LogP contribution >= 0.6 is 28.1 Å². The SMILES string of the molecule is COc1ccc(Br)cc1Cn1cccc1C(N)=S. The summed E-state index contributed by atoms with van der Waals surface area (Å²) in [6.07, 6.45) is 1.95. The lowest BCUT2D eigenvalue weighted by Gasteiger charge is -2.12. The molecule has 0 radical (unpaired) electrons. The van der Waals surface area contributed by atoms with Crippen molar-refractivity contribution in [2.24, 2.45) is 5.73 Å². The highest BCUT2D eigenvalue weighted by Gasteiger charge is 2.08. The van der Waals surface area contributed by atoms with Gasteiger partial charge in [0.2, 0.25) is 0 Å². The molecule has 94 valence electrons. The van der Waals surface area contributed by atoms with Gasteiger partial charge >= 0.3 is 0 Å². The fourth-order valence-electron chi connectivity index (χ4n) is 1.83. The first-order valence-corrected chi connectivity index (χ1v) is 6.59. The van der Waals surface area contributed by atoms with E-state index in [1.54, 1.807) is 7.11 Å². The molecule has 0 unspecified atom stereocenters. The van der Waals surface area contributed by atoms with Crippen molar-refractivity contribution in [1.29, 1.82) is 0 Å². The van der Waals surface area contributed by atoms with Crippen LogP contribution in [0.3, 0.4) is 0 Å². The minimum Gasteiger partial charge on any atom is -0.496 e. The second kappa shape index (κ2) is 5.54. The monoisotopic (exact) mass is 324 g/mol. The van der Waals surface area contributed by atoms with Gasteiger partial charge in [0.1, 0.15) is 10.7 Å². The summed E-state index contributed by atoms with van der Waals surface area (Å²) >= 11 is 8.48. The van der Waals surface area contributed by atoms with Crippen molar-refractivity contribution in [2.45, 2.75) is 6.54 Å². The maximum Gasteiger partial charge on any atom is 0.123 e. The molecule has 18 heavy (non-hydrogen) atoms. The molecule has 0 amide bonds. The summed E-state index contributed by atoms with van der Waals surface area (Å²) in [6.45, 7) is 0.669. The molecule has 3 nitrogen and oxygen atoms in total. The van der Waals surface area contributed by atoms with Crippen molar-refractivity contribution in [3.05, 3.63) is 52.3 Å². The largest absolute Gasteiger partial charge is 0.496 e. The number of nitrogens with zero attached hydrogens (tertiary/aromatic N) is 1. The number of nitrogens with two attached hydrogens (primary N) is 1. The summed E-state index contributed by atoms with van der Waals surface area (Å²) in [6, 6.07) is 9.75. The molecular weight excluding hydrogens is 312 g/mol. The third-order valence-electron chi connectivity index (χ3n) is 2.67. The highest BCUT2D eigenvalue weighted by molar-refractivity contribution is 9.10. The van der Waals surface area contributed by atoms with Crippen molar-refractivity contribution in [2.75, 3.05) is 7.11 Å². The van der Waals surface area contributed by atoms with E-state index in [4.69, 9.17) is 22.7 Å². The Morgan fingerprint density at radius 2 is 2.22 bits per heavy atom. The second-order valence-corrected chi connectivity index (χ2v) is 5.20. The molecule has 0 spiro atoms. The predicted molar refractivity (Wildman–Crippen MR) is 80.1 cm³/mol. The first-order valence-electron chi connectivity index (χ1n) is 5.39. The van der Waals surface area contributed by atoms with Crippen molar-refractivity contribution in [1.82, 2.24) is 4.57 Å². The van der Waals surface area contributed by atoms with E-state index in [2.05, 4.69) is 15.9 Å². The smallest absolute Gasteiger partial charge is 0.123 e. The van der Waals surface area contributed by atoms with Crippen molar-refractivity contribution in [3.63, 3.8) is 0 Å². The molecule has 1 heterocycles. The minimum atomic E-state index is 0.397. The molecule has 5 heteroatoms. The van der Waals surface area contributed by atoms with Crippen LogP contribution in [-0.2, 0) is 6.54 Å². The zero-order valence-corrected chi connectivity index (χ0v) is 12.3. The van der Waals surface area contributed by atoms with Gasteiger partial charge in [-0.05, 0) is 30.3 Å². The Morgan fingerprint density at radius 1 is 1.44 bits per heavy atom. The molecule has 0 bridgehead atoms. The Balaban J connectivity index is 2.36. The van der Waals surface area contributed by atoms with Crippen LogP contribution in [0, 0.1) is 0 Å². The summed E-state index contributed by atoms with van der Waals surface area (Å²) < 4.78 is 8.37. The van der Waals surface area contributed by atoms with Crippen LogP contribution in [0.4, 0.5) is 0 Å². The van der Waals surface area contributed by atoms with Gasteiger partial charge in [0.25, 0.3) is 0 Å². The number of ether oxygens (including phenoxy) is 1. The van der Waals surface area contributed by atoms with Crippen LogP contribution < -0.4 is 10.5 Å². The van der Waals surface area contributed by atoms with Crippen LogP contribution in [0.15, 0.2) is 41.0 Å². The molecular formula is C13H13BrN2OS. The molecule has 0 aliphatic carbocycles. The van der Waals surface area contributed by atoms with Crippen molar-refractivity contribution >= 4 is 33.1 Å². The van der Waals surface area contributed by atoms with Crippen LogP contribution in [-0.4, -0.2) is 16.7 Å². The summed E-state index contributed by atoms with van der Waals surface area (Å²) in [4.78, 5) is 0.397. The summed E-state index contributed by atoms with van der Waals surface area (Å²) in [7, 11) is 1.66. The van der Waals surface area contributed by atoms with Crippen LogP contribution in [0.25, 0.3) is 0 Å². The standard InChI is InChI=1S/C13H13BrN2OS/c1-17-12-5-4-10(14)7-9(12)8-16-6-2-3-11(16)13(15)18/h2-7H,8H2,1H3,(H2,15,18). The van der Waals surface area contributed by atoms with Gasteiger partial charge in [-0.3, -0.25) is 0 Å². The lowest BCUT2D eigenvalue weighted by molar-refractivity contribution is 0.408. The third-order valence-corrected chi connectivity index (χ3v) is 3.37. The topological polar surface area (TPSA) is 40.2 Å². The Bertz CT molecular complexity index is 580. The fourth-order valence-corrected chi connectivity index (χ4v) is 2.42. The highest BCUT2D eigenvalue weighted by atomic mass is 79.9. The van der Waals surface area contributed by atoms with E-state index in [9.17, 15) is 0 Å². The summed E-state index contributed by atoms with van der Waals surface area (Å²) in [5.41, 5.74) is 7.61. The maximum atomic E-state index is 5.68. The average molecular weight is 325 g/mol. The van der Waals surface area contributed by atoms with E-state index in [0.29, 0.717) is 11.5 Å². The van der Waals surface area contributed by atoms with Gasteiger partial charge in [-0.1, -0.05) is 28.1 Å². The van der Waals surface area contributed by atoms with E-state index < -0.39 is 0 Å². The zero-order chi connectivity index (χ0) is 13.1. The molecule has 2 aromatic rings. The number of thiocarbonyl (C=S) groups is 1. The number of benzene rings is 1. The molecule has 2 rings (SSSR count). The summed E-state index contributed by atoms with van der Waals surface area (Å²) in [5, 5.41) is 0. The first kappa shape index (κ1) is 13.1. The predicted octanol–water partition coefficient (Wildman–Crippen LogP) is 2.94. The first-order chi connectivity index (χ1) is 8.61. The van der Waals surface area contributed by atoms with Gasteiger partial charge in [0.15, 0.2) is 0 Å². The Morgan fingerprint density at radius 3 is 2.89 bits per heavy atom. The number of hydrogen-bond donors (Lipinski definition) is 1. The van der Waals surface area contributed by atoms with Gasteiger partial charge in [0, 0.05) is 16.2 Å². The molecule has 0 aliphatic heterocycles. The molecule has 1 aromatic heterocycles. The number of aromatic nitrogens is 1. The van der Waals surface area contributed by atoms with E-state index in [1.165, 1.54) is 0 Å². The molecule has 0 saturated heterocycles. The van der Waals surface area contributed by atoms with Gasteiger partial charge in [0.05, 0.1) is 19.3 Å². The van der Waals surface area contributed by atoms with E-state index >= 15 is 0 Å². The number of rotatable bonds is 4. The maximum absolute atomic E-state index is 5.68. The number of halogens is 1. The van der Waals surface area contributed by atoms with E-state index in [1.807, 2.05) is 41.1 Å². The Hall–Kier alpha value is -1.33. The zero-order valence-electron chi connectivity index (χ0n) is 9.89. The Kier molecular flexibility index (Phi) is 4.04. The van der Waals surface area contributed by atoms with Crippen LogP contribution in [0.1, 0.15) is 11.3 Å². The van der Waals surface area contributed by atoms with Gasteiger partial charge < -0.3 is 15.0 Å². The van der Waals surface area contributed by atoms with Crippen molar-refractivity contribution < 1.29 is 4.74 Å².